The largest absolute Gasteiger partial charge is 0.396 e. The zero-order valence-electron chi connectivity index (χ0n) is 20.1. The van der Waals surface area contributed by atoms with Crippen LogP contribution in [-0.2, 0) is 6.54 Å². The predicted octanol–water partition coefficient (Wildman–Crippen LogP) is 3.43. The number of nitriles is 1. The second kappa shape index (κ2) is 9.61. The van der Waals surface area contributed by atoms with Crippen LogP contribution < -0.4 is 10.2 Å². The first-order valence-corrected chi connectivity index (χ1v) is 12.5. The van der Waals surface area contributed by atoms with Gasteiger partial charge in [0.25, 0.3) is 0 Å². The number of aromatic nitrogens is 4. The number of hydrogen-bond donors (Lipinski definition) is 2. The summed E-state index contributed by atoms with van der Waals surface area (Å²) in [6.07, 6.45) is 5.94. The Morgan fingerprint density at radius 1 is 1.11 bits per heavy atom. The zero-order valence-corrected chi connectivity index (χ0v) is 20.1. The van der Waals surface area contributed by atoms with Gasteiger partial charge in [0.2, 0.25) is 0 Å². The van der Waals surface area contributed by atoms with E-state index >= 15 is 0 Å². The van der Waals surface area contributed by atoms with Crippen LogP contribution in [0.25, 0.3) is 28.3 Å². The van der Waals surface area contributed by atoms with Gasteiger partial charge in [0.05, 0.1) is 23.0 Å². The van der Waals surface area contributed by atoms with E-state index in [0.29, 0.717) is 11.5 Å². The molecule has 1 fully saturated rings. The number of anilines is 1. The van der Waals surface area contributed by atoms with Crippen LogP contribution in [0.15, 0.2) is 61.1 Å². The van der Waals surface area contributed by atoms with Crippen LogP contribution in [0.4, 0.5) is 5.69 Å². The fourth-order valence-corrected chi connectivity index (χ4v) is 5.37. The van der Waals surface area contributed by atoms with E-state index in [4.69, 9.17) is 10.4 Å². The van der Waals surface area contributed by atoms with Gasteiger partial charge in [0.1, 0.15) is 6.33 Å². The van der Waals surface area contributed by atoms with Crippen LogP contribution in [-0.4, -0.2) is 57.2 Å². The van der Waals surface area contributed by atoms with Crippen molar-refractivity contribution in [2.75, 3.05) is 37.7 Å². The minimum atomic E-state index is 0.241. The van der Waals surface area contributed by atoms with E-state index in [1.807, 2.05) is 24.3 Å². The summed E-state index contributed by atoms with van der Waals surface area (Å²) in [5.74, 6) is 1.45. The second-order valence-electron chi connectivity index (χ2n) is 9.65. The van der Waals surface area contributed by atoms with Crippen LogP contribution in [0.1, 0.15) is 24.0 Å². The number of nitrogens with one attached hydrogen (secondary N) is 1. The molecule has 0 radical (unpaired) electrons. The topological polar surface area (TPSA) is 94.9 Å². The molecule has 0 spiro atoms. The molecule has 2 aliphatic rings. The summed E-state index contributed by atoms with van der Waals surface area (Å²) in [6, 6.07) is 18.8. The molecule has 2 aromatic carbocycles. The number of benzene rings is 2. The highest BCUT2D eigenvalue weighted by molar-refractivity contribution is 5.72. The normalized spacial score (nSPS) is 16.2. The molecule has 36 heavy (non-hydrogen) atoms. The molecule has 1 unspecified atom stereocenters. The van der Waals surface area contributed by atoms with Gasteiger partial charge >= 0.3 is 0 Å². The maximum absolute atomic E-state index is 9.13. The molecule has 1 atom stereocenters. The standard InChI is InChI=1S/C28H29N7O/c29-14-20-2-4-22(5-3-20)23-13-27-28-32-31-19-35(28)26-7-6-25(12-24(26)18-34(27)17-23)33-10-8-21(16-33)15-30-9-1-11-36/h2-7,12-13,17,19,21,30,36H,1,8-11,15-16,18H2. The fourth-order valence-electron chi connectivity index (χ4n) is 5.37. The average molecular weight is 480 g/mol. The first kappa shape index (κ1) is 22.5. The minimum absolute atomic E-state index is 0.241. The van der Waals surface area contributed by atoms with Crippen molar-refractivity contribution in [2.45, 2.75) is 19.4 Å². The average Bonchev–Trinajstić information content (AvgIpc) is 3.66. The van der Waals surface area contributed by atoms with E-state index in [9.17, 15) is 0 Å². The number of aliphatic hydroxyl groups is 1. The van der Waals surface area contributed by atoms with Crippen molar-refractivity contribution < 1.29 is 5.11 Å². The maximum Gasteiger partial charge on any atom is 0.185 e. The highest BCUT2D eigenvalue weighted by atomic mass is 16.3. The Morgan fingerprint density at radius 3 is 2.83 bits per heavy atom. The van der Waals surface area contributed by atoms with Gasteiger partial charge in [-0.3, -0.25) is 4.57 Å². The molecule has 4 heterocycles. The number of hydrogen-bond acceptors (Lipinski definition) is 6. The Balaban J connectivity index is 1.28. The molecular formula is C28H29N7O. The number of rotatable bonds is 7. The second-order valence-corrected chi connectivity index (χ2v) is 9.65. The van der Waals surface area contributed by atoms with Gasteiger partial charge in [-0.2, -0.15) is 5.26 Å². The molecule has 1 saturated heterocycles. The van der Waals surface area contributed by atoms with Crippen LogP contribution in [0.2, 0.25) is 0 Å². The van der Waals surface area contributed by atoms with Crippen LogP contribution >= 0.6 is 0 Å². The van der Waals surface area contributed by atoms with Gasteiger partial charge in [-0.25, -0.2) is 0 Å². The Labute approximate surface area is 210 Å². The molecular weight excluding hydrogens is 450 g/mol. The van der Waals surface area contributed by atoms with Crippen molar-refractivity contribution in [3.05, 3.63) is 72.2 Å². The Kier molecular flexibility index (Phi) is 6.01. The zero-order chi connectivity index (χ0) is 24.5. The van der Waals surface area contributed by atoms with Crippen LogP contribution in [0.3, 0.4) is 0 Å². The third kappa shape index (κ3) is 4.17. The van der Waals surface area contributed by atoms with Crippen LogP contribution in [0, 0.1) is 17.2 Å². The summed E-state index contributed by atoms with van der Waals surface area (Å²) in [6.45, 7) is 4.96. The van der Waals surface area contributed by atoms with Gasteiger partial charge in [0.15, 0.2) is 5.82 Å². The molecule has 0 saturated carbocycles. The van der Waals surface area contributed by atoms with E-state index in [-0.39, 0.29) is 6.61 Å². The van der Waals surface area contributed by atoms with Gasteiger partial charge in [-0.1, -0.05) is 12.1 Å². The first-order valence-electron chi connectivity index (χ1n) is 12.5. The molecule has 0 bridgehead atoms. The molecule has 2 aromatic heterocycles. The smallest absolute Gasteiger partial charge is 0.185 e. The summed E-state index contributed by atoms with van der Waals surface area (Å²) < 4.78 is 4.33. The lowest BCUT2D eigenvalue weighted by atomic mass is 10.1. The van der Waals surface area contributed by atoms with Crippen LogP contribution in [0.5, 0.6) is 0 Å². The van der Waals surface area contributed by atoms with Crippen molar-refractivity contribution in [2.24, 2.45) is 5.92 Å². The number of fused-ring (bicyclic) bond motifs is 5. The maximum atomic E-state index is 9.13. The lowest BCUT2D eigenvalue weighted by Crippen LogP contribution is -2.27. The highest BCUT2D eigenvalue weighted by Gasteiger charge is 2.25. The minimum Gasteiger partial charge on any atom is -0.396 e. The van der Waals surface area contributed by atoms with E-state index in [1.54, 1.807) is 6.33 Å². The molecule has 6 rings (SSSR count). The third-order valence-electron chi connectivity index (χ3n) is 7.28. The fraction of sp³-hybridized carbons (Fsp3) is 0.321. The molecule has 2 aliphatic heterocycles. The highest BCUT2D eigenvalue weighted by Crippen LogP contribution is 2.35. The predicted molar refractivity (Wildman–Crippen MR) is 139 cm³/mol. The molecule has 2 N–H and O–H groups in total. The van der Waals surface area contributed by atoms with Crippen molar-refractivity contribution in [3.63, 3.8) is 0 Å². The van der Waals surface area contributed by atoms with Crippen molar-refractivity contribution in [3.8, 4) is 34.4 Å². The SMILES string of the molecule is N#Cc1ccc(-c2cc3n(c2)Cc2cc(N4CCC(CNCCCO)C4)ccc2-n2cnnc2-3)cc1. The number of nitrogens with zero attached hydrogens (tertiary/aromatic N) is 6. The summed E-state index contributed by atoms with van der Waals surface area (Å²) in [4.78, 5) is 2.48. The lowest BCUT2D eigenvalue weighted by Gasteiger charge is -2.21. The van der Waals surface area contributed by atoms with Crippen molar-refractivity contribution in [1.29, 1.82) is 5.26 Å². The quantitative estimate of drug-likeness (QED) is 0.347. The Hall–Kier alpha value is -3.93. The Morgan fingerprint density at radius 2 is 2.00 bits per heavy atom. The molecule has 182 valence electrons. The number of aliphatic hydroxyl groups excluding tert-OH is 1. The van der Waals surface area contributed by atoms with E-state index in [2.05, 4.69) is 66.1 Å². The van der Waals surface area contributed by atoms with Gasteiger partial charge in [0, 0.05) is 43.7 Å². The van der Waals surface area contributed by atoms with Crippen molar-refractivity contribution in [1.82, 2.24) is 24.6 Å². The summed E-state index contributed by atoms with van der Waals surface area (Å²) in [7, 11) is 0. The van der Waals surface area contributed by atoms with Gasteiger partial charge in [-0.05, 0) is 79.4 Å². The van der Waals surface area contributed by atoms with E-state index < -0.39 is 0 Å². The molecule has 8 nitrogen and oxygen atoms in total. The van der Waals surface area contributed by atoms with E-state index in [1.165, 1.54) is 17.7 Å². The Bertz CT molecular complexity index is 1410. The summed E-state index contributed by atoms with van der Waals surface area (Å²) >= 11 is 0. The molecule has 8 heteroatoms. The summed E-state index contributed by atoms with van der Waals surface area (Å²) in [5, 5.41) is 30.3. The van der Waals surface area contributed by atoms with Gasteiger partial charge in [-0.15, -0.1) is 10.2 Å². The lowest BCUT2D eigenvalue weighted by molar-refractivity contribution is 0.285. The molecule has 0 amide bonds. The van der Waals surface area contributed by atoms with Gasteiger partial charge < -0.3 is 19.9 Å². The first-order chi connectivity index (χ1) is 17.7. The van der Waals surface area contributed by atoms with Crippen molar-refractivity contribution >= 4 is 5.69 Å². The molecule has 0 aliphatic carbocycles. The monoisotopic (exact) mass is 479 g/mol. The third-order valence-corrected chi connectivity index (χ3v) is 7.28. The van der Waals surface area contributed by atoms with E-state index in [0.717, 1.165) is 67.5 Å². The molecule has 4 aromatic rings. The summed E-state index contributed by atoms with van der Waals surface area (Å²) in [5.41, 5.74) is 7.46.